The van der Waals surface area contributed by atoms with E-state index >= 15 is 0 Å². The van der Waals surface area contributed by atoms with Crippen LogP contribution in [0.15, 0.2) is 83.9 Å². The van der Waals surface area contributed by atoms with E-state index in [9.17, 15) is 13.7 Å². The normalized spacial score (nSPS) is 11.1. The maximum absolute atomic E-state index is 12.8. The smallest absolute Gasteiger partial charge is 0.261 e. The third-order valence-electron chi connectivity index (χ3n) is 4.33. The lowest BCUT2D eigenvalue weighted by Gasteiger charge is -2.11. The molecule has 0 bridgehead atoms. The van der Waals surface area contributed by atoms with Gasteiger partial charge >= 0.3 is 0 Å². The number of anilines is 1. The third-order valence-corrected chi connectivity index (χ3v) is 6.02. The summed E-state index contributed by atoms with van der Waals surface area (Å²) < 4.78 is 33.9. The van der Waals surface area contributed by atoms with Crippen molar-refractivity contribution in [3.8, 4) is 17.6 Å². The Morgan fingerprint density at radius 2 is 1.70 bits per heavy atom. The molecule has 0 amide bonds. The molecule has 6 nitrogen and oxygen atoms in total. The van der Waals surface area contributed by atoms with Gasteiger partial charge in [-0.2, -0.15) is 5.26 Å². The van der Waals surface area contributed by atoms with Gasteiger partial charge in [-0.3, -0.25) is 9.71 Å². The van der Waals surface area contributed by atoms with Crippen LogP contribution >= 0.6 is 11.6 Å². The van der Waals surface area contributed by atoms with Gasteiger partial charge in [0.25, 0.3) is 10.0 Å². The Morgan fingerprint density at radius 3 is 2.47 bits per heavy atom. The number of pyridine rings is 1. The van der Waals surface area contributed by atoms with Crippen molar-refractivity contribution in [1.82, 2.24) is 4.98 Å². The molecule has 0 saturated heterocycles. The van der Waals surface area contributed by atoms with Gasteiger partial charge in [-0.25, -0.2) is 8.42 Å². The highest BCUT2D eigenvalue weighted by Gasteiger charge is 2.16. The van der Waals surface area contributed by atoms with Crippen LogP contribution in [0.1, 0.15) is 5.56 Å². The Balaban J connectivity index is 1.59. The first-order valence-corrected chi connectivity index (χ1v) is 10.7. The minimum absolute atomic E-state index is 0.0642. The number of ether oxygens (including phenoxy) is 1. The Morgan fingerprint density at radius 1 is 0.967 bits per heavy atom. The summed E-state index contributed by atoms with van der Waals surface area (Å²) in [6.45, 7) is 0. The topological polar surface area (TPSA) is 92.1 Å². The maximum atomic E-state index is 12.8. The van der Waals surface area contributed by atoms with Crippen LogP contribution in [-0.2, 0) is 10.0 Å². The Kier molecular flexibility index (Phi) is 5.27. The molecular formula is C22H14ClN3O3S. The van der Waals surface area contributed by atoms with Crippen LogP contribution < -0.4 is 9.46 Å². The third kappa shape index (κ3) is 3.92. The van der Waals surface area contributed by atoms with Gasteiger partial charge in [-0.05, 0) is 48.5 Å². The molecule has 0 saturated carbocycles. The molecular weight excluding hydrogens is 422 g/mol. The van der Waals surface area contributed by atoms with Crippen molar-refractivity contribution in [3.63, 3.8) is 0 Å². The fourth-order valence-corrected chi connectivity index (χ4v) is 4.18. The predicted octanol–water partition coefficient (Wildman–Crippen LogP) is 5.35. The largest absolute Gasteiger partial charge is 0.456 e. The van der Waals surface area contributed by atoms with Gasteiger partial charge in [0.05, 0.1) is 21.1 Å². The molecule has 1 heterocycles. The van der Waals surface area contributed by atoms with Gasteiger partial charge in [0.2, 0.25) is 0 Å². The summed E-state index contributed by atoms with van der Waals surface area (Å²) in [4.78, 5) is 4.32. The summed E-state index contributed by atoms with van der Waals surface area (Å²) in [6.07, 6.45) is 1.61. The zero-order chi connectivity index (χ0) is 21.1. The second-order valence-corrected chi connectivity index (χ2v) is 8.37. The highest BCUT2D eigenvalue weighted by atomic mass is 35.5. The summed E-state index contributed by atoms with van der Waals surface area (Å²) in [5.41, 5.74) is 1.17. The van der Waals surface area contributed by atoms with Crippen LogP contribution in [0.3, 0.4) is 0 Å². The second kappa shape index (κ2) is 8.03. The Hall–Kier alpha value is -3.60. The molecule has 148 valence electrons. The number of halogens is 1. The molecule has 0 atom stereocenters. The molecule has 3 aromatic carbocycles. The van der Waals surface area contributed by atoms with E-state index in [1.54, 1.807) is 42.6 Å². The van der Waals surface area contributed by atoms with Gasteiger partial charge in [0.1, 0.15) is 23.1 Å². The number of rotatable bonds is 5. The summed E-state index contributed by atoms with van der Waals surface area (Å²) in [7, 11) is -3.83. The molecule has 0 aliphatic heterocycles. The summed E-state index contributed by atoms with van der Waals surface area (Å²) in [5.74, 6) is 0.667. The standard InChI is InChI=1S/C22H14ClN3O3S/c23-19-6-2-8-21(18(19)14-24)29-16-9-11-17(12-10-16)30(27,28)26-20-7-1-4-15-5-3-13-25-22(15)20/h1-13,26H. The van der Waals surface area contributed by atoms with Crippen LogP contribution in [0.4, 0.5) is 5.69 Å². The number of hydrogen-bond donors (Lipinski definition) is 1. The number of nitrogens with one attached hydrogen (secondary N) is 1. The van der Waals surface area contributed by atoms with Gasteiger partial charge in [0.15, 0.2) is 0 Å². The van der Waals surface area contributed by atoms with E-state index in [4.69, 9.17) is 16.3 Å². The lowest BCUT2D eigenvalue weighted by atomic mass is 10.2. The first-order chi connectivity index (χ1) is 14.5. The molecule has 4 aromatic rings. The minimum Gasteiger partial charge on any atom is -0.456 e. The lowest BCUT2D eigenvalue weighted by molar-refractivity contribution is 0.480. The van der Waals surface area contributed by atoms with Crippen molar-refractivity contribution >= 4 is 38.2 Å². The zero-order valence-corrected chi connectivity index (χ0v) is 17.0. The molecule has 0 radical (unpaired) electrons. The average Bonchev–Trinajstić information content (AvgIpc) is 2.74. The SMILES string of the molecule is N#Cc1c(Cl)cccc1Oc1ccc(S(=O)(=O)Nc2cccc3cccnc23)cc1. The summed E-state index contributed by atoms with van der Waals surface area (Å²) in [5, 5.41) is 10.3. The van der Waals surface area contributed by atoms with E-state index in [1.165, 1.54) is 24.3 Å². The van der Waals surface area contributed by atoms with Crippen LogP contribution in [0.25, 0.3) is 10.9 Å². The van der Waals surface area contributed by atoms with Crippen molar-refractivity contribution in [2.75, 3.05) is 4.72 Å². The number of benzene rings is 3. The van der Waals surface area contributed by atoms with E-state index in [1.807, 2.05) is 18.2 Å². The first-order valence-electron chi connectivity index (χ1n) is 8.81. The monoisotopic (exact) mass is 435 g/mol. The second-order valence-electron chi connectivity index (χ2n) is 6.28. The number of aromatic nitrogens is 1. The highest BCUT2D eigenvalue weighted by molar-refractivity contribution is 7.92. The number of hydrogen-bond acceptors (Lipinski definition) is 5. The average molecular weight is 436 g/mol. The number of nitriles is 1. The predicted molar refractivity (Wildman–Crippen MR) is 115 cm³/mol. The van der Waals surface area contributed by atoms with Crippen molar-refractivity contribution in [1.29, 1.82) is 5.26 Å². The zero-order valence-electron chi connectivity index (χ0n) is 15.4. The quantitative estimate of drug-likeness (QED) is 0.456. The van der Waals surface area contributed by atoms with Crippen molar-refractivity contribution in [2.24, 2.45) is 0 Å². The van der Waals surface area contributed by atoms with Gasteiger partial charge in [-0.1, -0.05) is 35.9 Å². The van der Waals surface area contributed by atoms with Crippen LogP contribution in [0.5, 0.6) is 11.5 Å². The van der Waals surface area contributed by atoms with E-state index in [-0.39, 0.29) is 15.5 Å². The van der Waals surface area contributed by atoms with Crippen LogP contribution in [-0.4, -0.2) is 13.4 Å². The van der Waals surface area contributed by atoms with E-state index in [0.29, 0.717) is 22.7 Å². The molecule has 0 unspecified atom stereocenters. The van der Waals surface area contributed by atoms with Crippen LogP contribution in [0.2, 0.25) is 5.02 Å². The van der Waals surface area contributed by atoms with Crippen molar-refractivity contribution in [3.05, 3.63) is 89.6 Å². The van der Waals surface area contributed by atoms with Crippen LogP contribution in [0, 0.1) is 11.3 Å². The van der Waals surface area contributed by atoms with Gasteiger partial charge < -0.3 is 4.74 Å². The van der Waals surface area contributed by atoms with Crippen molar-refractivity contribution in [2.45, 2.75) is 4.90 Å². The number of sulfonamides is 1. The number of fused-ring (bicyclic) bond motifs is 1. The van der Waals surface area contributed by atoms with E-state index in [0.717, 1.165) is 5.39 Å². The fraction of sp³-hybridized carbons (Fsp3) is 0. The summed E-state index contributed by atoms with van der Waals surface area (Å²) >= 11 is 6.00. The molecule has 8 heteroatoms. The van der Waals surface area contributed by atoms with Crippen molar-refractivity contribution < 1.29 is 13.2 Å². The van der Waals surface area contributed by atoms with E-state index in [2.05, 4.69) is 9.71 Å². The molecule has 0 fully saturated rings. The minimum atomic E-state index is -3.83. The van der Waals surface area contributed by atoms with E-state index < -0.39 is 10.0 Å². The van der Waals surface area contributed by atoms with Gasteiger partial charge in [0, 0.05) is 11.6 Å². The lowest BCUT2D eigenvalue weighted by Crippen LogP contribution is -2.13. The molecule has 30 heavy (non-hydrogen) atoms. The molecule has 1 aromatic heterocycles. The molecule has 0 aliphatic carbocycles. The van der Waals surface area contributed by atoms with Gasteiger partial charge in [-0.15, -0.1) is 0 Å². The molecule has 0 spiro atoms. The highest BCUT2D eigenvalue weighted by Crippen LogP contribution is 2.30. The first kappa shape index (κ1) is 19.7. The molecule has 4 rings (SSSR count). The molecule has 1 N–H and O–H groups in total. The fourth-order valence-electron chi connectivity index (χ4n) is 2.90. The Labute approximate surface area is 178 Å². The molecule has 0 aliphatic rings. The summed E-state index contributed by atoms with van der Waals surface area (Å²) in [6, 6.07) is 21.7. The number of nitrogens with zero attached hydrogens (tertiary/aromatic N) is 2. The number of para-hydroxylation sites is 1. The Bertz CT molecular complexity index is 1380. The maximum Gasteiger partial charge on any atom is 0.261 e.